The molecule has 0 aliphatic heterocycles. The zero-order chi connectivity index (χ0) is 32.7. The average molecular weight is 625 g/mol. The molecule has 9 nitrogen and oxygen atoms in total. The van der Waals surface area contributed by atoms with E-state index < -0.39 is 42.2 Å². The monoisotopic (exact) mass is 624 g/mol. The number of nitrogens with two attached hydrogens (primary N) is 1. The molecule has 1 aromatic heterocycles. The maximum atomic E-state index is 13.7. The molecule has 2 aromatic carbocycles. The lowest BCUT2D eigenvalue weighted by Gasteiger charge is -2.35. The Kier molecular flexibility index (Phi) is 11.0. The number of carbonyl (C=O) groups is 1. The number of anilines is 2. The Labute approximate surface area is 249 Å². The zero-order valence-corrected chi connectivity index (χ0v) is 24.0. The predicted molar refractivity (Wildman–Crippen MR) is 148 cm³/mol. The van der Waals surface area contributed by atoms with Gasteiger partial charge in [-0.25, -0.2) is 25.6 Å². The van der Waals surface area contributed by atoms with E-state index in [2.05, 4.69) is 9.97 Å². The van der Waals surface area contributed by atoms with Crippen LogP contribution >= 0.6 is 0 Å². The molecular formula is C29H30F6N6O3. The van der Waals surface area contributed by atoms with Gasteiger partial charge in [0.05, 0.1) is 54.5 Å². The topological polar surface area (TPSA) is 118 Å². The maximum absolute atomic E-state index is 13.7. The van der Waals surface area contributed by atoms with Crippen LogP contribution in [0.2, 0.25) is 0 Å². The molecule has 1 amide bonds. The van der Waals surface area contributed by atoms with Gasteiger partial charge in [-0.3, -0.25) is 0 Å². The molecule has 236 valence electrons. The van der Waals surface area contributed by atoms with Gasteiger partial charge >= 0.3 is 18.4 Å². The molecule has 44 heavy (non-hydrogen) atoms. The summed E-state index contributed by atoms with van der Waals surface area (Å²) in [6.45, 7) is 2.97. The summed E-state index contributed by atoms with van der Waals surface area (Å²) in [4.78, 5) is 22.4. The van der Waals surface area contributed by atoms with Crippen molar-refractivity contribution in [3.63, 3.8) is 0 Å². The van der Waals surface area contributed by atoms with E-state index in [1.54, 1.807) is 13.0 Å². The first kappa shape index (κ1) is 33.9. The number of unbranched alkanes of at least 4 members (excludes halogenated alkanes) is 1. The van der Waals surface area contributed by atoms with Crippen molar-refractivity contribution in [1.82, 2.24) is 9.97 Å². The summed E-state index contributed by atoms with van der Waals surface area (Å²) in [6.07, 6.45) is -7.19. The Morgan fingerprint density at radius 3 is 2.14 bits per heavy atom. The minimum Gasteiger partial charge on any atom is -0.497 e. The number of nitrogens with zero attached hydrogens (tertiary/aromatic N) is 5. The lowest BCUT2D eigenvalue weighted by Crippen LogP contribution is -2.40. The molecule has 0 aliphatic rings. The fraction of sp³-hybridized carbons (Fsp3) is 0.379. The summed E-state index contributed by atoms with van der Waals surface area (Å²) < 4.78 is 92.7. The van der Waals surface area contributed by atoms with E-state index in [0.29, 0.717) is 36.3 Å². The first-order chi connectivity index (χ1) is 20.7. The standard InChI is InChI=1S/C29H30F6N6O3/c1-4-6-7-24(23-13-22(43-3)8-9-25(23)41(37)27(42)44-5-2)40(26-38-15-19(14-36)16-39-26)17-18-10-20(28(30,31)32)12-21(11-18)29(33,34)35/h8-13,15-16,24H,4-7,17,37H2,1-3H3. The number of amides is 1. The Bertz CT molecular complexity index is 1440. The molecule has 0 aliphatic carbocycles. The molecule has 1 heterocycles. The van der Waals surface area contributed by atoms with Gasteiger partial charge in [-0.05, 0) is 55.3 Å². The molecule has 0 fully saturated rings. The van der Waals surface area contributed by atoms with Crippen molar-refractivity contribution in [1.29, 1.82) is 5.26 Å². The zero-order valence-electron chi connectivity index (χ0n) is 24.0. The number of carbonyl (C=O) groups excluding carboxylic acids is 1. The molecule has 3 rings (SSSR count). The molecule has 2 N–H and O–H groups in total. The molecule has 3 aromatic rings. The molecule has 0 saturated carbocycles. The van der Waals surface area contributed by atoms with E-state index >= 15 is 0 Å². The molecule has 15 heteroatoms. The first-order valence-corrected chi connectivity index (χ1v) is 13.4. The number of aromatic nitrogens is 2. The first-order valence-electron chi connectivity index (χ1n) is 13.4. The van der Waals surface area contributed by atoms with E-state index in [9.17, 15) is 36.4 Å². The Balaban J connectivity index is 2.31. The average Bonchev–Trinajstić information content (AvgIpc) is 2.99. The minimum absolute atomic E-state index is 0.0135. The molecule has 0 radical (unpaired) electrons. The summed E-state index contributed by atoms with van der Waals surface area (Å²) in [7, 11) is 1.40. The van der Waals surface area contributed by atoms with Crippen LogP contribution in [-0.4, -0.2) is 29.8 Å². The highest BCUT2D eigenvalue weighted by Crippen LogP contribution is 2.40. The van der Waals surface area contributed by atoms with Crippen molar-refractivity contribution < 1.29 is 40.6 Å². The Morgan fingerprint density at radius 1 is 1.02 bits per heavy atom. The van der Waals surface area contributed by atoms with Gasteiger partial charge in [-0.1, -0.05) is 19.8 Å². The third-order valence-electron chi connectivity index (χ3n) is 6.55. The number of benzene rings is 2. The predicted octanol–water partition coefficient (Wildman–Crippen LogP) is 7.17. The van der Waals surface area contributed by atoms with Crippen LogP contribution in [0, 0.1) is 11.3 Å². The van der Waals surface area contributed by atoms with Crippen molar-refractivity contribution >= 4 is 17.7 Å². The number of halogens is 6. The van der Waals surface area contributed by atoms with Gasteiger partial charge < -0.3 is 14.4 Å². The van der Waals surface area contributed by atoms with E-state index in [-0.39, 0.29) is 41.9 Å². The Hall–Kier alpha value is -4.58. The second-order valence-electron chi connectivity index (χ2n) is 9.58. The van der Waals surface area contributed by atoms with Gasteiger partial charge in [-0.15, -0.1) is 0 Å². The summed E-state index contributed by atoms with van der Waals surface area (Å²) >= 11 is 0. The summed E-state index contributed by atoms with van der Waals surface area (Å²) in [5.41, 5.74) is -2.74. The quantitative estimate of drug-likeness (QED) is 0.103. The lowest BCUT2D eigenvalue weighted by molar-refractivity contribution is -0.143. The highest BCUT2D eigenvalue weighted by atomic mass is 19.4. The minimum atomic E-state index is -5.06. The van der Waals surface area contributed by atoms with Crippen molar-refractivity contribution in [2.75, 3.05) is 23.6 Å². The summed E-state index contributed by atoms with van der Waals surface area (Å²) in [5, 5.41) is 9.99. The lowest BCUT2D eigenvalue weighted by atomic mass is 9.96. The highest BCUT2D eigenvalue weighted by Gasteiger charge is 2.37. The van der Waals surface area contributed by atoms with Gasteiger partial charge in [0.2, 0.25) is 5.95 Å². The third kappa shape index (κ3) is 8.28. The van der Waals surface area contributed by atoms with Crippen LogP contribution in [0.5, 0.6) is 5.75 Å². The summed E-state index contributed by atoms with van der Waals surface area (Å²) in [6, 6.07) is 6.87. The van der Waals surface area contributed by atoms with Crippen molar-refractivity contribution in [2.24, 2.45) is 5.84 Å². The van der Waals surface area contributed by atoms with Gasteiger partial charge in [0.1, 0.15) is 11.8 Å². The molecular weight excluding hydrogens is 594 g/mol. The van der Waals surface area contributed by atoms with Gasteiger partial charge in [-0.2, -0.15) is 31.6 Å². The number of ether oxygens (including phenoxy) is 2. The number of alkyl halides is 6. The fourth-order valence-electron chi connectivity index (χ4n) is 4.47. The van der Waals surface area contributed by atoms with Crippen LogP contribution in [0.1, 0.15) is 67.0 Å². The fourth-order valence-corrected chi connectivity index (χ4v) is 4.47. The van der Waals surface area contributed by atoms with Crippen LogP contribution in [0.3, 0.4) is 0 Å². The SMILES string of the molecule is CCCCC(c1cc(OC)ccc1N(N)C(=O)OCC)N(Cc1cc(C(F)(F)F)cc(C(F)(F)F)c1)c1ncc(C#N)cn1. The van der Waals surface area contributed by atoms with Gasteiger partial charge in [0.25, 0.3) is 0 Å². The van der Waals surface area contributed by atoms with Crippen molar-refractivity contribution in [3.05, 3.63) is 76.6 Å². The Morgan fingerprint density at radius 2 is 1.64 bits per heavy atom. The molecule has 0 spiro atoms. The van der Waals surface area contributed by atoms with Crippen LogP contribution in [0.25, 0.3) is 0 Å². The molecule has 0 saturated heterocycles. The van der Waals surface area contributed by atoms with E-state index in [0.717, 1.165) is 5.01 Å². The molecule has 0 bridgehead atoms. The van der Waals surface area contributed by atoms with E-state index in [4.69, 9.17) is 15.3 Å². The highest BCUT2D eigenvalue weighted by molar-refractivity contribution is 5.87. The number of nitriles is 1. The van der Waals surface area contributed by atoms with Crippen molar-refractivity contribution in [3.8, 4) is 11.8 Å². The third-order valence-corrected chi connectivity index (χ3v) is 6.55. The largest absolute Gasteiger partial charge is 0.497 e. The smallest absolute Gasteiger partial charge is 0.428 e. The van der Waals surface area contributed by atoms with E-state index in [1.165, 1.54) is 36.5 Å². The number of hydrogen-bond acceptors (Lipinski definition) is 8. The second-order valence-corrected chi connectivity index (χ2v) is 9.58. The number of rotatable bonds is 11. The number of methoxy groups -OCH3 is 1. The van der Waals surface area contributed by atoms with Crippen LogP contribution in [0.4, 0.5) is 42.8 Å². The number of hydrazine groups is 1. The van der Waals surface area contributed by atoms with Crippen LogP contribution < -0.4 is 20.5 Å². The van der Waals surface area contributed by atoms with Gasteiger partial charge in [0.15, 0.2) is 0 Å². The normalized spacial score (nSPS) is 12.3. The maximum Gasteiger partial charge on any atom is 0.428 e. The summed E-state index contributed by atoms with van der Waals surface area (Å²) in [5.74, 6) is 6.37. The molecule has 1 atom stereocenters. The van der Waals surface area contributed by atoms with Crippen molar-refractivity contribution in [2.45, 2.75) is 58.0 Å². The molecule has 1 unspecified atom stereocenters. The second kappa shape index (κ2) is 14.3. The van der Waals surface area contributed by atoms with Gasteiger partial charge in [0, 0.05) is 12.1 Å². The van der Waals surface area contributed by atoms with E-state index in [1.807, 2.05) is 13.0 Å². The number of hydrogen-bond donors (Lipinski definition) is 1. The van der Waals surface area contributed by atoms with Crippen LogP contribution in [-0.2, 0) is 23.6 Å². The van der Waals surface area contributed by atoms with Crippen LogP contribution in [0.15, 0.2) is 48.8 Å².